The summed E-state index contributed by atoms with van der Waals surface area (Å²) in [5, 5.41) is 0. The molecule has 2 rings (SSSR count). The van der Waals surface area contributed by atoms with Crippen LogP contribution in [0.4, 0.5) is 11.4 Å². The van der Waals surface area contributed by atoms with Crippen molar-refractivity contribution in [3.63, 3.8) is 0 Å². The molecular weight excluding hydrogens is 272 g/mol. The lowest BCUT2D eigenvalue weighted by Gasteiger charge is -2.24. The molecule has 0 saturated carbocycles. The minimum Gasteiger partial charge on any atom is -0.465 e. The van der Waals surface area contributed by atoms with Crippen LogP contribution in [0.3, 0.4) is 0 Å². The minimum absolute atomic E-state index is 0.313. The molecule has 0 spiro atoms. The van der Waals surface area contributed by atoms with E-state index in [0.717, 1.165) is 31.0 Å². The van der Waals surface area contributed by atoms with Crippen LogP contribution in [-0.2, 0) is 4.74 Å². The number of nitrogens with two attached hydrogens (primary N) is 1. The van der Waals surface area contributed by atoms with Gasteiger partial charge in [0, 0.05) is 35.0 Å². The Morgan fingerprint density at radius 2 is 2.15 bits per heavy atom. The number of methoxy groups -OCH3 is 1. The molecule has 1 aromatic rings. The molecule has 1 fully saturated rings. The first-order valence-electron chi connectivity index (χ1n) is 6.80. The minimum atomic E-state index is -0.381. The molecule has 0 atom stereocenters. The number of esters is 1. The molecule has 1 aliphatic heterocycles. The van der Waals surface area contributed by atoms with Crippen molar-refractivity contribution >= 4 is 29.1 Å². The Morgan fingerprint density at radius 3 is 2.85 bits per heavy atom. The number of hydrogen-bond donors (Lipinski definition) is 1. The van der Waals surface area contributed by atoms with Crippen LogP contribution in [0.25, 0.3) is 0 Å². The monoisotopic (exact) mass is 294 g/mol. The lowest BCUT2D eigenvalue weighted by atomic mass is 10.1. The predicted molar refractivity (Wildman–Crippen MR) is 85.6 cm³/mol. The lowest BCUT2D eigenvalue weighted by molar-refractivity contribution is 0.0602. The number of rotatable bonds is 2. The molecular formula is C15H22N2O2S. The number of nitrogens with zero attached hydrogens (tertiary/aromatic N) is 1. The summed E-state index contributed by atoms with van der Waals surface area (Å²) in [6.45, 7) is 6.54. The molecule has 0 amide bonds. The number of benzene rings is 1. The maximum Gasteiger partial charge on any atom is 0.340 e. The van der Waals surface area contributed by atoms with E-state index in [1.165, 1.54) is 7.11 Å². The van der Waals surface area contributed by atoms with E-state index in [4.69, 9.17) is 10.5 Å². The van der Waals surface area contributed by atoms with Crippen LogP contribution >= 0.6 is 11.8 Å². The van der Waals surface area contributed by atoms with Crippen LogP contribution in [-0.4, -0.2) is 36.7 Å². The Morgan fingerprint density at radius 1 is 1.40 bits per heavy atom. The summed E-state index contributed by atoms with van der Waals surface area (Å²) in [6.07, 6.45) is 1.12. The molecule has 5 heteroatoms. The average Bonchev–Trinajstić information content (AvgIpc) is 2.59. The summed E-state index contributed by atoms with van der Waals surface area (Å²) in [5.41, 5.74) is 7.79. The molecule has 2 N–H and O–H groups in total. The number of carbonyl (C=O) groups is 1. The second-order valence-electron chi connectivity index (χ2n) is 5.61. The molecule has 0 bridgehead atoms. The molecule has 110 valence electrons. The molecule has 20 heavy (non-hydrogen) atoms. The summed E-state index contributed by atoms with van der Waals surface area (Å²) >= 11 is 2.00. The van der Waals surface area contributed by atoms with Gasteiger partial charge in [0.25, 0.3) is 0 Å². The molecule has 0 unspecified atom stereocenters. The van der Waals surface area contributed by atoms with Crippen LogP contribution in [0.1, 0.15) is 30.6 Å². The molecule has 0 aromatic heterocycles. The topological polar surface area (TPSA) is 55.6 Å². The van der Waals surface area contributed by atoms with E-state index in [9.17, 15) is 4.79 Å². The van der Waals surface area contributed by atoms with Crippen LogP contribution in [0.5, 0.6) is 0 Å². The second-order valence-corrected chi connectivity index (χ2v) is 7.41. The van der Waals surface area contributed by atoms with Gasteiger partial charge in [0.05, 0.1) is 12.7 Å². The van der Waals surface area contributed by atoms with E-state index in [-0.39, 0.29) is 5.97 Å². The summed E-state index contributed by atoms with van der Waals surface area (Å²) in [4.78, 5) is 14.0. The molecule has 1 saturated heterocycles. The lowest BCUT2D eigenvalue weighted by Crippen LogP contribution is -2.27. The Kier molecular flexibility index (Phi) is 4.48. The molecule has 0 radical (unpaired) electrons. The van der Waals surface area contributed by atoms with Gasteiger partial charge in [0.2, 0.25) is 0 Å². The van der Waals surface area contributed by atoms with Crippen molar-refractivity contribution in [1.29, 1.82) is 0 Å². The first-order chi connectivity index (χ1) is 9.43. The maximum absolute atomic E-state index is 11.7. The van der Waals surface area contributed by atoms with Gasteiger partial charge in [-0.2, -0.15) is 11.8 Å². The predicted octanol–water partition coefficient (Wildman–Crippen LogP) is 2.78. The summed E-state index contributed by atoms with van der Waals surface area (Å²) < 4.78 is 5.09. The van der Waals surface area contributed by atoms with Crippen molar-refractivity contribution in [3.8, 4) is 0 Å². The molecule has 1 aliphatic rings. The Balaban J connectivity index is 2.22. The highest BCUT2D eigenvalue weighted by molar-refractivity contribution is 8.00. The number of hydrogen-bond acceptors (Lipinski definition) is 5. The van der Waals surface area contributed by atoms with Gasteiger partial charge in [-0.15, -0.1) is 0 Å². The van der Waals surface area contributed by atoms with Crippen molar-refractivity contribution in [2.75, 3.05) is 36.6 Å². The average molecular weight is 294 g/mol. The summed E-state index contributed by atoms with van der Waals surface area (Å²) in [6, 6.07) is 5.60. The SMILES string of the molecule is COC(=O)c1cc(N2CCSC(C)(C)CC2)ccc1N. The Bertz CT molecular complexity index is 503. The standard InChI is InChI=1S/C15H22N2O2S/c1-15(2)6-7-17(8-9-20-15)11-4-5-13(16)12(10-11)14(18)19-3/h4-5,10H,6-9,16H2,1-3H3. The maximum atomic E-state index is 11.7. The number of carbonyl (C=O) groups excluding carboxylic acids is 1. The number of anilines is 2. The van der Waals surface area contributed by atoms with Crippen molar-refractivity contribution in [2.45, 2.75) is 25.0 Å². The zero-order chi connectivity index (χ0) is 14.8. The summed E-state index contributed by atoms with van der Waals surface area (Å²) in [5.74, 6) is 0.708. The van der Waals surface area contributed by atoms with E-state index in [1.807, 2.05) is 23.9 Å². The van der Waals surface area contributed by atoms with E-state index in [1.54, 1.807) is 6.07 Å². The van der Waals surface area contributed by atoms with Crippen LogP contribution in [0, 0.1) is 0 Å². The highest BCUT2D eigenvalue weighted by atomic mass is 32.2. The first-order valence-corrected chi connectivity index (χ1v) is 7.78. The van der Waals surface area contributed by atoms with Crippen molar-refractivity contribution in [2.24, 2.45) is 0 Å². The third-order valence-corrected chi connectivity index (χ3v) is 5.02. The van der Waals surface area contributed by atoms with Gasteiger partial charge in [-0.1, -0.05) is 13.8 Å². The Labute approximate surface area is 124 Å². The van der Waals surface area contributed by atoms with Crippen molar-refractivity contribution in [1.82, 2.24) is 0 Å². The smallest absolute Gasteiger partial charge is 0.340 e. The number of thioether (sulfide) groups is 1. The van der Waals surface area contributed by atoms with Crippen LogP contribution < -0.4 is 10.6 Å². The molecule has 0 aliphatic carbocycles. The zero-order valence-corrected chi connectivity index (χ0v) is 13.1. The van der Waals surface area contributed by atoms with Gasteiger partial charge in [-0.3, -0.25) is 0 Å². The van der Waals surface area contributed by atoms with Gasteiger partial charge in [-0.05, 0) is 24.6 Å². The van der Waals surface area contributed by atoms with E-state index in [0.29, 0.717) is 16.0 Å². The van der Waals surface area contributed by atoms with E-state index in [2.05, 4.69) is 18.7 Å². The van der Waals surface area contributed by atoms with Gasteiger partial charge >= 0.3 is 5.97 Å². The van der Waals surface area contributed by atoms with Crippen molar-refractivity contribution in [3.05, 3.63) is 23.8 Å². The van der Waals surface area contributed by atoms with E-state index < -0.39 is 0 Å². The first kappa shape index (κ1) is 15.0. The fraction of sp³-hybridized carbons (Fsp3) is 0.533. The van der Waals surface area contributed by atoms with Crippen LogP contribution in [0.15, 0.2) is 18.2 Å². The summed E-state index contributed by atoms with van der Waals surface area (Å²) in [7, 11) is 1.37. The highest BCUT2D eigenvalue weighted by Gasteiger charge is 2.24. The van der Waals surface area contributed by atoms with Crippen molar-refractivity contribution < 1.29 is 9.53 Å². The highest BCUT2D eigenvalue weighted by Crippen LogP contribution is 2.33. The van der Waals surface area contributed by atoms with Crippen LogP contribution in [0.2, 0.25) is 0 Å². The third kappa shape index (κ3) is 3.39. The van der Waals surface area contributed by atoms with Gasteiger partial charge in [0.1, 0.15) is 0 Å². The fourth-order valence-electron chi connectivity index (χ4n) is 2.31. The quantitative estimate of drug-likeness (QED) is 0.671. The van der Waals surface area contributed by atoms with Gasteiger partial charge in [0.15, 0.2) is 0 Å². The molecule has 1 heterocycles. The molecule has 1 aromatic carbocycles. The number of nitrogen functional groups attached to an aromatic ring is 1. The largest absolute Gasteiger partial charge is 0.465 e. The fourth-order valence-corrected chi connectivity index (χ4v) is 3.41. The molecule has 4 nitrogen and oxygen atoms in total. The van der Waals surface area contributed by atoms with E-state index >= 15 is 0 Å². The Hall–Kier alpha value is -1.36. The zero-order valence-electron chi connectivity index (χ0n) is 12.3. The van der Waals surface area contributed by atoms with Gasteiger partial charge in [-0.25, -0.2) is 4.79 Å². The third-order valence-electron chi connectivity index (χ3n) is 3.65. The second kappa shape index (κ2) is 5.95. The normalized spacial score (nSPS) is 18.4. The number of ether oxygens (including phenoxy) is 1. The van der Waals surface area contributed by atoms with Gasteiger partial charge < -0.3 is 15.4 Å².